The average molecular weight is 504 g/mol. The van der Waals surface area contributed by atoms with Crippen LogP contribution in [-0.2, 0) is 11.5 Å². The van der Waals surface area contributed by atoms with Crippen LogP contribution in [0.5, 0.6) is 5.75 Å². The lowest BCUT2D eigenvalue weighted by Crippen LogP contribution is -2.19. The third-order valence-corrected chi connectivity index (χ3v) is 7.51. The van der Waals surface area contributed by atoms with Crippen LogP contribution in [0.2, 0.25) is 0 Å². The lowest BCUT2D eigenvalue weighted by Gasteiger charge is -2.13. The van der Waals surface area contributed by atoms with Crippen molar-refractivity contribution in [3.63, 3.8) is 0 Å². The SMILES string of the molecule is Cc1ccc(CSc2c(C)cnc(CSc3nc4ccc(OCC(F)(F)F)cc4[nH]3)c2C)cc1. The summed E-state index contributed by atoms with van der Waals surface area (Å²) in [6, 6.07) is 13.3. The van der Waals surface area contributed by atoms with Gasteiger partial charge in [0, 0.05) is 28.7 Å². The summed E-state index contributed by atoms with van der Waals surface area (Å²) in [5.41, 5.74) is 7.12. The monoisotopic (exact) mass is 503 g/mol. The van der Waals surface area contributed by atoms with Gasteiger partial charge < -0.3 is 9.72 Å². The molecule has 0 unspecified atom stereocenters. The second-order valence-corrected chi connectivity index (χ2v) is 9.98. The van der Waals surface area contributed by atoms with Crippen molar-refractivity contribution in [1.82, 2.24) is 15.0 Å². The Hall–Kier alpha value is -2.65. The number of hydrogen-bond donors (Lipinski definition) is 1. The van der Waals surface area contributed by atoms with Gasteiger partial charge in [-0.3, -0.25) is 4.98 Å². The number of benzene rings is 2. The summed E-state index contributed by atoms with van der Waals surface area (Å²) >= 11 is 3.32. The first kappa shape index (κ1) is 24.5. The first-order valence-electron chi connectivity index (χ1n) is 10.6. The van der Waals surface area contributed by atoms with Gasteiger partial charge in [0.15, 0.2) is 11.8 Å². The number of aromatic amines is 1. The number of alkyl halides is 3. The Labute approximate surface area is 204 Å². The lowest BCUT2D eigenvalue weighted by molar-refractivity contribution is -0.153. The van der Waals surface area contributed by atoms with E-state index >= 15 is 0 Å². The first-order chi connectivity index (χ1) is 16.2. The number of aromatic nitrogens is 3. The molecule has 0 saturated carbocycles. The highest BCUT2D eigenvalue weighted by atomic mass is 32.2. The second-order valence-electron chi connectivity index (χ2n) is 8.03. The van der Waals surface area contributed by atoms with Crippen molar-refractivity contribution in [3.8, 4) is 5.75 Å². The Morgan fingerprint density at radius 1 is 0.971 bits per heavy atom. The normalized spacial score (nSPS) is 11.8. The Morgan fingerprint density at radius 3 is 2.47 bits per heavy atom. The van der Waals surface area contributed by atoms with Gasteiger partial charge in [0.25, 0.3) is 0 Å². The summed E-state index contributed by atoms with van der Waals surface area (Å²) in [7, 11) is 0. The first-order valence-corrected chi connectivity index (χ1v) is 12.6. The van der Waals surface area contributed by atoms with Gasteiger partial charge in [-0.2, -0.15) is 13.2 Å². The summed E-state index contributed by atoms with van der Waals surface area (Å²) in [5.74, 6) is 1.67. The zero-order chi connectivity index (χ0) is 24.3. The molecule has 0 spiro atoms. The number of halogens is 3. The molecule has 4 nitrogen and oxygen atoms in total. The fraction of sp³-hybridized carbons (Fsp3) is 0.280. The van der Waals surface area contributed by atoms with E-state index in [-0.39, 0.29) is 5.75 Å². The quantitative estimate of drug-likeness (QED) is 0.254. The molecule has 0 aliphatic heterocycles. The van der Waals surface area contributed by atoms with Crippen molar-refractivity contribution in [2.75, 3.05) is 6.61 Å². The van der Waals surface area contributed by atoms with Crippen LogP contribution in [0, 0.1) is 20.8 Å². The number of H-pyrrole nitrogens is 1. The molecular weight excluding hydrogens is 479 g/mol. The highest BCUT2D eigenvalue weighted by molar-refractivity contribution is 7.98. The van der Waals surface area contributed by atoms with Gasteiger partial charge in [0.1, 0.15) is 5.75 Å². The molecule has 0 bridgehead atoms. The van der Waals surface area contributed by atoms with Crippen molar-refractivity contribution >= 4 is 34.6 Å². The van der Waals surface area contributed by atoms with Crippen molar-refractivity contribution in [1.29, 1.82) is 0 Å². The number of rotatable bonds is 8. The third-order valence-electron chi connectivity index (χ3n) is 5.23. The van der Waals surface area contributed by atoms with Gasteiger partial charge in [0.2, 0.25) is 0 Å². The zero-order valence-corrected chi connectivity index (χ0v) is 20.6. The summed E-state index contributed by atoms with van der Waals surface area (Å²) in [6.45, 7) is 4.93. The average Bonchev–Trinajstić information content (AvgIpc) is 3.20. The molecule has 34 heavy (non-hydrogen) atoms. The highest BCUT2D eigenvalue weighted by Gasteiger charge is 2.28. The Kier molecular flexibility index (Phi) is 7.42. The number of nitrogens with one attached hydrogen (secondary N) is 1. The molecule has 2 aromatic carbocycles. The van der Waals surface area contributed by atoms with Crippen LogP contribution in [0.15, 0.2) is 58.7 Å². The maximum Gasteiger partial charge on any atom is 0.422 e. The van der Waals surface area contributed by atoms with Crippen LogP contribution in [0.4, 0.5) is 13.2 Å². The molecule has 4 rings (SSSR count). The number of hydrogen-bond acceptors (Lipinski definition) is 5. The van der Waals surface area contributed by atoms with Gasteiger partial charge in [-0.1, -0.05) is 41.6 Å². The number of nitrogens with zero attached hydrogens (tertiary/aromatic N) is 2. The van der Waals surface area contributed by atoms with Crippen molar-refractivity contribution < 1.29 is 17.9 Å². The second kappa shape index (κ2) is 10.3. The van der Waals surface area contributed by atoms with E-state index in [9.17, 15) is 13.2 Å². The minimum Gasteiger partial charge on any atom is -0.484 e. The van der Waals surface area contributed by atoms with E-state index in [1.807, 2.05) is 18.0 Å². The predicted molar refractivity (Wildman–Crippen MR) is 132 cm³/mol. The number of fused-ring (bicyclic) bond motifs is 1. The number of aryl methyl sites for hydroxylation is 2. The molecule has 0 fully saturated rings. The minimum atomic E-state index is -4.37. The number of thioether (sulfide) groups is 2. The summed E-state index contributed by atoms with van der Waals surface area (Å²) in [5, 5.41) is 0.679. The summed E-state index contributed by atoms with van der Waals surface area (Å²) < 4.78 is 42.0. The van der Waals surface area contributed by atoms with Gasteiger partial charge in [-0.25, -0.2) is 4.98 Å². The summed E-state index contributed by atoms with van der Waals surface area (Å²) in [4.78, 5) is 13.6. The highest BCUT2D eigenvalue weighted by Crippen LogP contribution is 2.33. The van der Waals surface area contributed by atoms with Crippen LogP contribution in [0.3, 0.4) is 0 Å². The van der Waals surface area contributed by atoms with Gasteiger partial charge in [-0.05, 0) is 49.6 Å². The fourth-order valence-electron chi connectivity index (χ4n) is 3.39. The number of pyridine rings is 1. The molecule has 0 radical (unpaired) electrons. The van der Waals surface area contributed by atoms with Crippen LogP contribution in [0.25, 0.3) is 11.0 Å². The summed E-state index contributed by atoms with van der Waals surface area (Å²) in [6.07, 6.45) is -2.47. The molecular formula is C25H24F3N3OS2. The molecule has 4 aromatic rings. The maximum absolute atomic E-state index is 12.4. The molecule has 0 aliphatic carbocycles. The standard InChI is InChI=1S/C25H24F3N3OS2/c1-15-4-6-18(7-5-15)12-33-23-16(2)11-29-22(17(23)3)13-34-24-30-20-9-8-19(10-21(20)31-24)32-14-25(26,27)28/h4-11H,12-14H2,1-3H3,(H,30,31). The molecule has 2 aromatic heterocycles. The molecule has 0 aliphatic rings. The Morgan fingerprint density at radius 2 is 1.74 bits per heavy atom. The minimum absolute atomic E-state index is 0.149. The van der Waals surface area contributed by atoms with E-state index in [4.69, 9.17) is 4.74 Å². The topological polar surface area (TPSA) is 50.8 Å². The van der Waals surface area contributed by atoms with Crippen LogP contribution < -0.4 is 4.74 Å². The maximum atomic E-state index is 12.4. The molecule has 0 atom stereocenters. The lowest BCUT2D eigenvalue weighted by atomic mass is 10.2. The number of ether oxygens (including phenoxy) is 1. The van der Waals surface area contributed by atoms with Gasteiger partial charge in [0.05, 0.1) is 16.7 Å². The van der Waals surface area contributed by atoms with E-state index < -0.39 is 12.8 Å². The van der Waals surface area contributed by atoms with Crippen molar-refractivity contribution in [2.24, 2.45) is 0 Å². The van der Waals surface area contributed by atoms with Crippen molar-refractivity contribution in [2.45, 2.75) is 48.5 Å². The van der Waals surface area contributed by atoms with Gasteiger partial charge in [-0.15, -0.1) is 11.8 Å². The van der Waals surface area contributed by atoms with Crippen LogP contribution in [-0.4, -0.2) is 27.7 Å². The van der Waals surface area contributed by atoms with Crippen LogP contribution >= 0.6 is 23.5 Å². The Balaban J connectivity index is 1.43. The molecule has 0 saturated heterocycles. The van der Waals surface area contributed by atoms with E-state index in [0.29, 0.717) is 21.9 Å². The van der Waals surface area contributed by atoms with Crippen molar-refractivity contribution in [3.05, 3.63) is 76.6 Å². The van der Waals surface area contributed by atoms with E-state index in [1.165, 1.54) is 39.9 Å². The van der Waals surface area contributed by atoms with E-state index in [2.05, 4.69) is 60.0 Å². The van der Waals surface area contributed by atoms with E-state index in [1.54, 1.807) is 6.07 Å². The molecule has 178 valence electrons. The Bertz CT molecular complexity index is 1290. The molecule has 2 heterocycles. The zero-order valence-electron chi connectivity index (χ0n) is 19.0. The molecule has 1 N–H and O–H groups in total. The molecule has 9 heteroatoms. The van der Waals surface area contributed by atoms with Crippen LogP contribution in [0.1, 0.15) is 27.9 Å². The largest absolute Gasteiger partial charge is 0.484 e. The fourth-order valence-corrected chi connectivity index (χ4v) is 5.42. The third kappa shape index (κ3) is 6.27. The number of imidazole rings is 1. The molecule has 0 amide bonds. The smallest absolute Gasteiger partial charge is 0.422 e. The predicted octanol–water partition coefficient (Wildman–Crippen LogP) is 7.41. The van der Waals surface area contributed by atoms with E-state index in [0.717, 1.165) is 22.6 Å². The van der Waals surface area contributed by atoms with Gasteiger partial charge >= 0.3 is 6.18 Å².